The number of rotatable bonds is 3. The van der Waals surface area contributed by atoms with E-state index in [1.54, 1.807) is 0 Å². The van der Waals surface area contributed by atoms with Gasteiger partial charge >= 0.3 is 0 Å². The molecule has 1 aromatic heterocycles. The van der Waals surface area contributed by atoms with Gasteiger partial charge in [0.1, 0.15) is 5.82 Å². The van der Waals surface area contributed by atoms with Gasteiger partial charge in [-0.25, -0.2) is 4.98 Å². The van der Waals surface area contributed by atoms with Gasteiger partial charge in [0.25, 0.3) is 0 Å². The number of nitrogens with zero attached hydrogens (tertiary/aromatic N) is 2. The van der Waals surface area contributed by atoms with Gasteiger partial charge in [-0.1, -0.05) is 32.4 Å². The van der Waals surface area contributed by atoms with Gasteiger partial charge in [-0.15, -0.1) is 0 Å². The Morgan fingerprint density at radius 1 is 1.41 bits per heavy atom. The van der Waals surface area contributed by atoms with Gasteiger partial charge in [0.05, 0.1) is 17.1 Å². The molecule has 0 aliphatic carbocycles. The third kappa shape index (κ3) is 1.95. The lowest BCUT2D eigenvalue weighted by atomic mass is 9.99. The maximum atomic E-state index is 6.28. The zero-order valence-corrected chi connectivity index (χ0v) is 11.1. The summed E-state index contributed by atoms with van der Waals surface area (Å²) in [7, 11) is 2.06. The van der Waals surface area contributed by atoms with Crippen molar-refractivity contribution in [2.45, 2.75) is 33.2 Å². The van der Waals surface area contributed by atoms with Crippen LogP contribution in [0.15, 0.2) is 18.2 Å². The van der Waals surface area contributed by atoms with Crippen molar-refractivity contribution in [3.8, 4) is 0 Å². The van der Waals surface area contributed by atoms with Crippen LogP contribution in [0.2, 0.25) is 0 Å². The quantitative estimate of drug-likeness (QED) is 0.882. The normalized spacial score (nSPS) is 15.1. The summed E-state index contributed by atoms with van der Waals surface area (Å²) in [5.41, 5.74) is 9.77. The molecule has 1 aromatic carbocycles. The Bertz CT molecular complexity index is 527. The molecule has 2 unspecified atom stereocenters. The molecule has 0 saturated heterocycles. The highest BCUT2D eigenvalue weighted by Gasteiger charge is 2.19. The molecule has 2 rings (SSSR count). The van der Waals surface area contributed by atoms with Crippen molar-refractivity contribution in [1.82, 2.24) is 9.55 Å². The second kappa shape index (κ2) is 4.49. The van der Waals surface area contributed by atoms with Crippen LogP contribution in [0.1, 0.15) is 37.7 Å². The predicted molar refractivity (Wildman–Crippen MR) is 71.8 cm³/mol. The fourth-order valence-corrected chi connectivity index (χ4v) is 2.29. The third-order valence-corrected chi connectivity index (χ3v) is 3.69. The van der Waals surface area contributed by atoms with Gasteiger partial charge < -0.3 is 10.3 Å². The first kappa shape index (κ1) is 12.1. The standard InChI is InChI=1S/C14H21N3/c1-5-9(2)12(15)14-16-11-8-6-7-10(3)13(11)17(14)4/h6-9,12H,5,15H2,1-4H3. The Kier molecular flexibility index (Phi) is 3.20. The zero-order valence-electron chi connectivity index (χ0n) is 11.1. The molecule has 0 radical (unpaired) electrons. The highest BCUT2D eigenvalue weighted by molar-refractivity contribution is 5.79. The van der Waals surface area contributed by atoms with Crippen LogP contribution in [0, 0.1) is 12.8 Å². The molecule has 92 valence electrons. The Labute approximate surface area is 103 Å². The summed E-state index contributed by atoms with van der Waals surface area (Å²) >= 11 is 0. The summed E-state index contributed by atoms with van der Waals surface area (Å²) < 4.78 is 2.14. The molecule has 0 aliphatic rings. The first-order chi connectivity index (χ1) is 8.06. The SMILES string of the molecule is CCC(C)C(N)c1nc2cccc(C)c2n1C. The van der Waals surface area contributed by atoms with Crippen molar-refractivity contribution in [3.05, 3.63) is 29.6 Å². The lowest BCUT2D eigenvalue weighted by Crippen LogP contribution is -2.22. The molecule has 0 aliphatic heterocycles. The molecular formula is C14H21N3. The summed E-state index contributed by atoms with van der Waals surface area (Å²) in [5.74, 6) is 1.44. The van der Waals surface area contributed by atoms with Gasteiger partial charge in [0.2, 0.25) is 0 Å². The fourth-order valence-electron chi connectivity index (χ4n) is 2.29. The van der Waals surface area contributed by atoms with Gasteiger partial charge in [-0.05, 0) is 24.5 Å². The first-order valence-electron chi connectivity index (χ1n) is 6.23. The fraction of sp³-hybridized carbons (Fsp3) is 0.500. The maximum absolute atomic E-state index is 6.28. The van der Waals surface area contributed by atoms with Crippen LogP contribution >= 0.6 is 0 Å². The number of para-hydroxylation sites is 1. The van der Waals surface area contributed by atoms with E-state index >= 15 is 0 Å². The van der Waals surface area contributed by atoms with E-state index in [2.05, 4.69) is 49.5 Å². The summed E-state index contributed by atoms with van der Waals surface area (Å²) in [6.07, 6.45) is 1.07. The van der Waals surface area contributed by atoms with E-state index in [0.717, 1.165) is 17.8 Å². The van der Waals surface area contributed by atoms with E-state index in [1.807, 2.05) is 6.07 Å². The topological polar surface area (TPSA) is 43.8 Å². The van der Waals surface area contributed by atoms with Crippen LogP contribution in [-0.4, -0.2) is 9.55 Å². The molecule has 3 heteroatoms. The summed E-state index contributed by atoms with van der Waals surface area (Å²) in [5, 5.41) is 0. The Balaban J connectivity index is 2.56. The van der Waals surface area contributed by atoms with Crippen LogP contribution < -0.4 is 5.73 Å². The third-order valence-electron chi connectivity index (χ3n) is 3.69. The average molecular weight is 231 g/mol. The lowest BCUT2D eigenvalue weighted by molar-refractivity contribution is 0.432. The molecule has 0 amide bonds. The Morgan fingerprint density at radius 2 is 2.12 bits per heavy atom. The highest BCUT2D eigenvalue weighted by atomic mass is 15.1. The first-order valence-corrected chi connectivity index (χ1v) is 6.23. The number of imidazole rings is 1. The molecule has 3 nitrogen and oxygen atoms in total. The molecule has 17 heavy (non-hydrogen) atoms. The molecule has 2 atom stereocenters. The number of aryl methyl sites for hydroxylation is 2. The minimum absolute atomic E-state index is 0.0109. The molecule has 2 N–H and O–H groups in total. The van der Waals surface area contributed by atoms with Crippen LogP contribution in [0.4, 0.5) is 0 Å². The van der Waals surface area contributed by atoms with E-state index in [1.165, 1.54) is 11.1 Å². The molecule has 0 fully saturated rings. The zero-order chi connectivity index (χ0) is 12.6. The molecule has 2 aromatic rings. The number of hydrogen-bond donors (Lipinski definition) is 1. The lowest BCUT2D eigenvalue weighted by Gasteiger charge is -2.17. The molecule has 0 spiro atoms. The second-order valence-electron chi connectivity index (χ2n) is 4.88. The molecule has 0 bridgehead atoms. The van der Waals surface area contributed by atoms with Crippen molar-refractivity contribution < 1.29 is 0 Å². The monoisotopic (exact) mass is 231 g/mol. The average Bonchev–Trinajstić information content (AvgIpc) is 2.66. The number of fused-ring (bicyclic) bond motifs is 1. The van der Waals surface area contributed by atoms with Crippen molar-refractivity contribution >= 4 is 11.0 Å². The van der Waals surface area contributed by atoms with Crippen LogP contribution in [-0.2, 0) is 7.05 Å². The van der Waals surface area contributed by atoms with Crippen LogP contribution in [0.25, 0.3) is 11.0 Å². The Morgan fingerprint density at radius 3 is 2.71 bits per heavy atom. The number of nitrogens with two attached hydrogens (primary N) is 1. The highest BCUT2D eigenvalue weighted by Crippen LogP contribution is 2.26. The summed E-state index contributed by atoms with van der Waals surface area (Å²) in [4.78, 5) is 4.68. The van der Waals surface area contributed by atoms with Crippen molar-refractivity contribution in [1.29, 1.82) is 0 Å². The maximum Gasteiger partial charge on any atom is 0.126 e. The number of benzene rings is 1. The second-order valence-corrected chi connectivity index (χ2v) is 4.88. The van der Waals surface area contributed by atoms with E-state index in [0.29, 0.717) is 5.92 Å². The summed E-state index contributed by atoms with van der Waals surface area (Å²) in [6, 6.07) is 6.22. The van der Waals surface area contributed by atoms with Crippen molar-refractivity contribution in [2.24, 2.45) is 18.7 Å². The Hall–Kier alpha value is -1.35. The predicted octanol–water partition coefficient (Wildman–Crippen LogP) is 2.93. The summed E-state index contributed by atoms with van der Waals surface area (Å²) in [6.45, 7) is 6.46. The largest absolute Gasteiger partial charge is 0.330 e. The van der Waals surface area contributed by atoms with E-state index in [-0.39, 0.29) is 6.04 Å². The number of hydrogen-bond acceptors (Lipinski definition) is 2. The minimum Gasteiger partial charge on any atom is -0.330 e. The smallest absolute Gasteiger partial charge is 0.126 e. The van der Waals surface area contributed by atoms with E-state index in [4.69, 9.17) is 5.73 Å². The van der Waals surface area contributed by atoms with Crippen LogP contribution in [0.3, 0.4) is 0 Å². The van der Waals surface area contributed by atoms with Crippen molar-refractivity contribution in [3.63, 3.8) is 0 Å². The van der Waals surface area contributed by atoms with Gasteiger partial charge in [0.15, 0.2) is 0 Å². The van der Waals surface area contributed by atoms with Gasteiger partial charge in [-0.3, -0.25) is 0 Å². The number of aromatic nitrogens is 2. The van der Waals surface area contributed by atoms with Crippen LogP contribution in [0.5, 0.6) is 0 Å². The molecular weight excluding hydrogens is 210 g/mol. The van der Waals surface area contributed by atoms with Gasteiger partial charge in [-0.2, -0.15) is 0 Å². The minimum atomic E-state index is 0.0109. The molecule has 0 saturated carbocycles. The van der Waals surface area contributed by atoms with Gasteiger partial charge in [0, 0.05) is 7.05 Å². The molecule has 1 heterocycles. The van der Waals surface area contributed by atoms with Crippen molar-refractivity contribution in [2.75, 3.05) is 0 Å². The van der Waals surface area contributed by atoms with E-state index in [9.17, 15) is 0 Å². The van der Waals surface area contributed by atoms with E-state index < -0.39 is 0 Å².